The SMILES string of the molecule is CC(CCC(=O)OCC(Cl)(Cl)Cl)CC(=O)OCC(Cl)(Cl)Cl. The van der Waals surface area contributed by atoms with Gasteiger partial charge in [-0.2, -0.15) is 0 Å². The van der Waals surface area contributed by atoms with E-state index in [1.807, 2.05) is 0 Å². The molecule has 21 heavy (non-hydrogen) atoms. The van der Waals surface area contributed by atoms with Gasteiger partial charge in [-0.1, -0.05) is 76.5 Å². The highest BCUT2D eigenvalue weighted by molar-refractivity contribution is 6.68. The third kappa shape index (κ3) is 15.4. The lowest BCUT2D eigenvalue weighted by Crippen LogP contribution is -2.20. The lowest BCUT2D eigenvalue weighted by Gasteiger charge is -2.14. The number of carbonyl (C=O) groups is 2. The van der Waals surface area contributed by atoms with E-state index in [0.717, 1.165) is 0 Å². The number of hydrogen-bond acceptors (Lipinski definition) is 4. The van der Waals surface area contributed by atoms with Crippen LogP contribution in [0.4, 0.5) is 0 Å². The Morgan fingerprint density at radius 3 is 1.76 bits per heavy atom. The van der Waals surface area contributed by atoms with Gasteiger partial charge < -0.3 is 9.47 Å². The van der Waals surface area contributed by atoms with Gasteiger partial charge in [0.25, 0.3) is 0 Å². The Balaban J connectivity index is 3.86. The third-order valence-corrected chi connectivity index (χ3v) is 2.80. The molecule has 4 nitrogen and oxygen atoms in total. The average molecular weight is 423 g/mol. The molecule has 0 aliphatic carbocycles. The van der Waals surface area contributed by atoms with Gasteiger partial charge in [0.05, 0.1) is 0 Å². The van der Waals surface area contributed by atoms with Gasteiger partial charge in [-0.15, -0.1) is 0 Å². The van der Waals surface area contributed by atoms with E-state index < -0.39 is 19.5 Å². The topological polar surface area (TPSA) is 52.6 Å². The van der Waals surface area contributed by atoms with Crippen molar-refractivity contribution < 1.29 is 19.1 Å². The Morgan fingerprint density at radius 1 is 0.905 bits per heavy atom. The second-order valence-corrected chi connectivity index (χ2v) is 9.43. The van der Waals surface area contributed by atoms with Crippen molar-refractivity contribution in [2.75, 3.05) is 13.2 Å². The largest absolute Gasteiger partial charge is 0.461 e. The molecule has 0 saturated carbocycles. The fourth-order valence-electron chi connectivity index (χ4n) is 1.21. The van der Waals surface area contributed by atoms with Crippen molar-refractivity contribution in [3.05, 3.63) is 0 Å². The first-order valence-electron chi connectivity index (χ1n) is 5.84. The zero-order valence-electron chi connectivity index (χ0n) is 11.0. The molecule has 0 rings (SSSR count). The number of carbonyl (C=O) groups excluding carboxylic acids is 2. The highest BCUT2D eigenvalue weighted by Crippen LogP contribution is 2.27. The average Bonchev–Trinajstić information content (AvgIpc) is 2.29. The van der Waals surface area contributed by atoms with E-state index in [1.54, 1.807) is 6.92 Å². The summed E-state index contributed by atoms with van der Waals surface area (Å²) in [5.41, 5.74) is 0. The van der Waals surface area contributed by atoms with E-state index in [-0.39, 0.29) is 32.0 Å². The number of esters is 2. The van der Waals surface area contributed by atoms with Crippen molar-refractivity contribution in [3.63, 3.8) is 0 Å². The Labute approximate surface area is 153 Å². The summed E-state index contributed by atoms with van der Waals surface area (Å²) >= 11 is 32.7. The predicted octanol–water partition coefficient (Wildman–Crippen LogP) is 4.62. The summed E-state index contributed by atoms with van der Waals surface area (Å²) in [6, 6.07) is 0. The molecule has 10 heteroatoms. The van der Waals surface area contributed by atoms with Crippen LogP contribution in [0.5, 0.6) is 0 Å². The summed E-state index contributed by atoms with van der Waals surface area (Å²) in [5, 5.41) is 0. The molecule has 0 N–H and O–H groups in total. The van der Waals surface area contributed by atoms with Crippen LogP contribution in [0.1, 0.15) is 26.2 Å². The van der Waals surface area contributed by atoms with Crippen LogP contribution in [-0.4, -0.2) is 32.7 Å². The van der Waals surface area contributed by atoms with Crippen molar-refractivity contribution in [1.82, 2.24) is 0 Å². The molecule has 0 aromatic rings. The zero-order valence-corrected chi connectivity index (χ0v) is 15.5. The second-order valence-electron chi connectivity index (χ2n) is 4.40. The molecule has 1 atom stereocenters. The molecule has 0 radical (unpaired) electrons. The molecular formula is C11H14Cl6O4. The smallest absolute Gasteiger partial charge is 0.306 e. The van der Waals surface area contributed by atoms with Crippen molar-refractivity contribution in [3.8, 4) is 0 Å². The molecular weight excluding hydrogens is 409 g/mol. The van der Waals surface area contributed by atoms with E-state index in [4.69, 9.17) is 79.1 Å². The predicted molar refractivity (Wildman–Crippen MR) is 85.5 cm³/mol. The van der Waals surface area contributed by atoms with E-state index in [1.165, 1.54) is 0 Å². The first-order chi connectivity index (χ1) is 9.39. The quantitative estimate of drug-likeness (QED) is 0.443. The van der Waals surface area contributed by atoms with Crippen LogP contribution >= 0.6 is 69.6 Å². The summed E-state index contributed by atoms with van der Waals surface area (Å²) in [4.78, 5) is 22.8. The minimum absolute atomic E-state index is 0.0957. The highest BCUT2D eigenvalue weighted by atomic mass is 35.6. The molecule has 0 saturated heterocycles. The molecule has 0 aromatic heterocycles. The molecule has 124 valence electrons. The lowest BCUT2D eigenvalue weighted by atomic mass is 10.0. The van der Waals surface area contributed by atoms with Crippen LogP contribution < -0.4 is 0 Å². The van der Waals surface area contributed by atoms with Crippen molar-refractivity contribution in [1.29, 1.82) is 0 Å². The fraction of sp³-hybridized carbons (Fsp3) is 0.818. The van der Waals surface area contributed by atoms with E-state index in [0.29, 0.717) is 6.42 Å². The summed E-state index contributed by atoms with van der Waals surface area (Å²) in [7, 11) is 0. The Kier molecular flexibility index (Phi) is 10.1. The van der Waals surface area contributed by atoms with Crippen LogP contribution in [0.15, 0.2) is 0 Å². The lowest BCUT2D eigenvalue weighted by molar-refractivity contribution is -0.146. The van der Waals surface area contributed by atoms with Crippen LogP contribution in [0, 0.1) is 5.92 Å². The number of ether oxygens (including phenoxy) is 2. The zero-order chi connectivity index (χ0) is 16.7. The molecule has 0 aliphatic heterocycles. The van der Waals surface area contributed by atoms with Gasteiger partial charge in [0.1, 0.15) is 13.2 Å². The summed E-state index contributed by atoms with van der Waals surface area (Å²) in [6.07, 6.45) is 0.611. The standard InChI is InChI=1S/C11H14Cl6O4/c1-7(4-9(19)21-6-11(15,16)17)2-3-8(18)20-5-10(12,13)14/h7H,2-6H2,1H3. The maximum atomic E-state index is 11.4. The van der Waals surface area contributed by atoms with E-state index in [9.17, 15) is 9.59 Å². The maximum Gasteiger partial charge on any atom is 0.306 e. The van der Waals surface area contributed by atoms with Gasteiger partial charge in [0.2, 0.25) is 7.59 Å². The van der Waals surface area contributed by atoms with Crippen LogP contribution in [-0.2, 0) is 19.1 Å². The normalized spacial score (nSPS) is 13.7. The Hall–Kier alpha value is 0.680. The number of halogens is 6. The number of rotatable bonds is 7. The highest BCUT2D eigenvalue weighted by Gasteiger charge is 2.24. The second kappa shape index (κ2) is 9.74. The van der Waals surface area contributed by atoms with E-state index >= 15 is 0 Å². The van der Waals surface area contributed by atoms with Gasteiger partial charge >= 0.3 is 11.9 Å². The van der Waals surface area contributed by atoms with Gasteiger partial charge in [0, 0.05) is 12.8 Å². The number of alkyl halides is 6. The molecule has 1 unspecified atom stereocenters. The van der Waals surface area contributed by atoms with Gasteiger partial charge in [-0.3, -0.25) is 9.59 Å². The van der Waals surface area contributed by atoms with Gasteiger partial charge in [-0.05, 0) is 12.3 Å². The fourth-order valence-corrected chi connectivity index (χ4v) is 1.53. The van der Waals surface area contributed by atoms with Crippen molar-refractivity contribution in [2.24, 2.45) is 5.92 Å². The minimum Gasteiger partial charge on any atom is -0.461 e. The molecule has 0 heterocycles. The molecule has 0 amide bonds. The molecule has 0 bridgehead atoms. The van der Waals surface area contributed by atoms with Crippen molar-refractivity contribution >= 4 is 81.5 Å². The first kappa shape index (κ1) is 21.7. The van der Waals surface area contributed by atoms with Crippen LogP contribution in [0.25, 0.3) is 0 Å². The maximum absolute atomic E-state index is 11.4. The summed E-state index contributed by atoms with van der Waals surface area (Å²) in [6.45, 7) is 1.13. The molecule has 0 spiro atoms. The Morgan fingerprint density at radius 2 is 1.33 bits per heavy atom. The molecule has 0 aromatic carbocycles. The molecule has 0 fully saturated rings. The monoisotopic (exact) mass is 420 g/mol. The summed E-state index contributed by atoms with van der Waals surface area (Å²) < 4.78 is 6.25. The molecule has 0 aliphatic rings. The minimum atomic E-state index is -1.64. The third-order valence-electron chi connectivity index (χ3n) is 2.15. The van der Waals surface area contributed by atoms with Crippen LogP contribution in [0.2, 0.25) is 0 Å². The first-order valence-corrected chi connectivity index (χ1v) is 8.10. The van der Waals surface area contributed by atoms with E-state index in [2.05, 4.69) is 0 Å². The van der Waals surface area contributed by atoms with Crippen LogP contribution in [0.3, 0.4) is 0 Å². The van der Waals surface area contributed by atoms with Gasteiger partial charge in [0.15, 0.2) is 0 Å². The van der Waals surface area contributed by atoms with Crippen molar-refractivity contribution in [2.45, 2.75) is 33.8 Å². The van der Waals surface area contributed by atoms with Gasteiger partial charge in [-0.25, -0.2) is 0 Å². The Bertz CT molecular complexity index is 350. The summed E-state index contributed by atoms with van der Waals surface area (Å²) in [5.74, 6) is -1.13. The number of hydrogen-bond donors (Lipinski definition) is 0.